The summed E-state index contributed by atoms with van der Waals surface area (Å²) in [6.07, 6.45) is 3.96. The van der Waals surface area contributed by atoms with Crippen LogP contribution in [0.15, 0.2) is 60.9 Å². The van der Waals surface area contributed by atoms with E-state index in [0.717, 1.165) is 17.7 Å². The van der Waals surface area contributed by atoms with E-state index in [1.807, 2.05) is 18.2 Å². The number of nitrogens with one attached hydrogen (secondary N) is 1. The fourth-order valence-electron chi connectivity index (χ4n) is 3.16. The number of anilines is 2. The highest BCUT2D eigenvalue weighted by Crippen LogP contribution is 2.32. The van der Waals surface area contributed by atoms with Crippen molar-refractivity contribution in [3.8, 4) is 0 Å². The molecule has 4 rings (SSSR count). The molecule has 0 bridgehead atoms. The topological polar surface area (TPSA) is 62.3 Å². The fraction of sp³-hybridized carbons (Fsp3) is 0.0952. The maximum absolute atomic E-state index is 12.8. The Hall–Kier alpha value is -2.89. The van der Waals surface area contributed by atoms with Gasteiger partial charge in [0.1, 0.15) is 0 Å². The van der Waals surface area contributed by atoms with E-state index in [-0.39, 0.29) is 11.8 Å². The van der Waals surface area contributed by atoms with Gasteiger partial charge in [-0.3, -0.25) is 14.6 Å². The lowest BCUT2D eigenvalue weighted by atomic mass is 10.1. The molecule has 1 aromatic heterocycles. The second kappa shape index (κ2) is 7.62. The molecule has 2 heterocycles. The molecule has 1 N–H and O–H groups in total. The zero-order chi connectivity index (χ0) is 19.7. The number of aromatic nitrogens is 1. The number of rotatable bonds is 3. The third-order valence-electron chi connectivity index (χ3n) is 4.59. The van der Waals surface area contributed by atoms with E-state index in [9.17, 15) is 9.59 Å². The van der Waals surface area contributed by atoms with Crippen molar-refractivity contribution in [2.45, 2.75) is 6.42 Å². The molecule has 28 heavy (non-hydrogen) atoms. The molecule has 3 aromatic rings. The summed E-state index contributed by atoms with van der Waals surface area (Å²) in [5.74, 6) is -0.391. The summed E-state index contributed by atoms with van der Waals surface area (Å²) in [5, 5.41) is 3.55. The molecule has 5 nitrogen and oxygen atoms in total. The van der Waals surface area contributed by atoms with Crippen molar-refractivity contribution < 1.29 is 9.59 Å². The van der Waals surface area contributed by atoms with Crippen LogP contribution in [0.3, 0.4) is 0 Å². The summed E-state index contributed by atoms with van der Waals surface area (Å²) in [5.41, 5.74) is 3.45. The number of pyridine rings is 1. The molecule has 0 spiro atoms. The number of hydrogen-bond acceptors (Lipinski definition) is 3. The van der Waals surface area contributed by atoms with Crippen LogP contribution in [0.4, 0.5) is 11.4 Å². The zero-order valence-electron chi connectivity index (χ0n) is 14.7. The Morgan fingerprint density at radius 2 is 1.71 bits per heavy atom. The molecule has 2 amide bonds. The molecule has 1 aliphatic rings. The van der Waals surface area contributed by atoms with E-state index >= 15 is 0 Å². The maximum atomic E-state index is 12.8. The predicted molar refractivity (Wildman–Crippen MR) is 110 cm³/mol. The van der Waals surface area contributed by atoms with Crippen LogP contribution in [0, 0.1) is 0 Å². The lowest BCUT2D eigenvalue weighted by Crippen LogP contribution is -2.28. The predicted octanol–water partition coefficient (Wildman–Crippen LogP) is 4.84. The van der Waals surface area contributed by atoms with Crippen LogP contribution in [0.2, 0.25) is 10.0 Å². The van der Waals surface area contributed by atoms with Gasteiger partial charge in [-0.05, 0) is 54.4 Å². The van der Waals surface area contributed by atoms with E-state index in [2.05, 4.69) is 10.3 Å². The molecule has 0 radical (unpaired) electrons. The van der Waals surface area contributed by atoms with Gasteiger partial charge in [0.2, 0.25) is 0 Å². The number of fused-ring (bicyclic) bond motifs is 1. The zero-order valence-corrected chi connectivity index (χ0v) is 16.2. The number of halogens is 2. The molecule has 0 saturated carbocycles. The van der Waals surface area contributed by atoms with E-state index in [1.165, 1.54) is 6.07 Å². The molecule has 140 valence electrons. The summed E-state index contributed by atoms with van der Waals surface area (Å²) in [6, 6.07) is 13.7. The van der Waals surface area contributed by atoms with Gasteiger partial charge in [0, 0.05) is 41.4 Å². The Morgan fingerprint density at radius 1 is 0.929 bits per heavy atom. The number of carbonyl (C=O) groups excluding carboxylic acids is 2. The van der Waals surface area contributed by atoms with Gasteiger partial charge in [-0.2, -0.15) is 0 Å². The first-order chi connectivity index (χ1) is 13.5. The van der Waals surface area contributed by atoms with Crippen molar-refractivity contribution in [1.82, 2.24) is 4.98 Å². The first-order valence-corrected chi connectivity index (χ1v) is 9.40. The molecule has 0 atom stereocenters. The standard InChI is InChI=1S/C21H15Cl2N3O2/c22-17-4-2-15(11-18(17)23)20(27)25-16-3-1-13-7-10-26(19(13)12-16)21(28)14-5-8-24-9-6-14/h1-6,8-9,11-12H,7,10H2,(H,25,27). The van der Waals surface area contributed by atoms with Gasteiger partial charge >= 0.3 is 0 Å². The van der Waals surface area contributed by atoms with Crippen molar-refractivity contribution >= 4 is 46.4 Å². The van der Waals surface area contributed by atoms with Crippen LogP contribution in [0.1, 0.15) is 26.3 Å². The summed E-state index contributed by atoms with van der Waals surface area (Å²) in [4.78, 5) is 31.0. The third kappa shape index (κ3) is 3.59. The molecule has 0 aliphatic carbocycles. The SMILES string of the molecule is O=C(Nc1ccc2c(c1)N(C(=O)c1ccncc1)CC2)c1ccc(Cl)c(Cl)c1. The van der Waals surface area contributed by atoms with Crippen LogP contribution in [0.25, 0.3) is 0 Å². The number of benzene rings is 2. The number of carbonyl (C=O) groups is 2. The Morgan fingerprint density at radius 3 is 2.46 bits per heavy atom. The highest BCUT2D eigenvalue weighted by Gasteiger charge is 2.26. The highest BCUT2D eigenvalue weighted by atomic mass is 35.5. The molecule has 0 fully saturated rings. The average molecular weight is 412 g/mol. The van der Waals surface area contributed by atoms with E-state index in [4.69, 9.17) is 23.2 Å². The average Bonchev–Trinajstić information content (AvgIpc) is 3.13. The van der Waals surface area contributed by atoms with Gasteiger partial charge in [0.25, 0.3) is 11.8 Å². The van der Waals surface area contributed by atoms with Crippen molar-refractivity contribution in [1.29, 1.82) is 0 Å². The van der Waals surface area contributed by atoms with Gasteiger partial charge in [0.05, 0.1) is 10.0 Å². The molecular formula is C21H15Cl2N3O2. The van der Waals surface area contributed by atoms with Crippen LogP contribution in [-0.4, -0.2) is 23.3 Å². The van der Waals surface area contributed by atoms with Gasteiger partial charge < -0.3 is 10.2 Å². The quantitative estimate of drug-likeness (QED) is 0.670. The number of nitrogens with zero attached hydrogens (tertiary/aromatic N) is 2. The van der Waals surface area contributed by atoms with Gasteiger partial charge in [-0.15, -0.1) is 0 Å². The van der Waals surface area contributed by atoms with Crippen LogP contribution < -0.4 is 10.2 Å². The molecule has 0 saturated heterocycles. The van der Waals surface area contributed by atoms with Crippen molar-refractivity contribution in [3.63, 3.8) is 0 Å². The monoisotopic (exact) mass is 411 g/mol. The second-order valence-electron chi connectivity index (χ2n) is 6.37. The largest absolute Gasteiger partial charge is 0.322 e. The first-order valence-electron chi connectivity index (χ1n) is 8.64. The Bertz CT molecular complexity index is 1070. The van der Waals surface area contributed by atoms with Crippen molar-refractivity contribution in [2.75, 3.05) is 16.8 Å². The molecular weight excluding hydrogens is 397 g/mol. The van der Waals surface area contributed by atoms with Gasteiger partial charge in [-0.1, -0.05) is 29.3 Å². The van der Waals surface area contributed by atoms with E-state index in [0.29, 0.717) is 33.4 Å². The van der Waals surface area contributed by atoms with Crippen LogP contribution >= 0.6 is 23.2 Å². The van der Waals surface area contributed by atoms with E-state index < -0.39 is 0 Å². The summed E-state index contributed by atoms with van der Waals surface area (Å²) < 4.78 is 0. The Balaban J connectivity index is 1.57. The number of amides is 2. The van der Waals surface area contributed by atoms with E-state index in [1.54, 1.807) is 41.6 Å². The molecule has 1 aliphatic heterocycles. The minimum Gasteiger partial charge on any atom is -0.322 e. The summed E-state index contributed by atoms with van der Waals surface area (Å²) in [7, 11) is 0. The Kier molecular flexibility index (Phi) is 5.03. The van der Waals surface area contributed by atoms with Crippen LogP contribution in [0.5, 0.6) is 0 Å². The molecule has 2 aromatic carbocycles. The van der Waals surface area contributed by atoms with Crippen molar-refractivity contribution in [3.05, 3.63) is 87.7 Å². The first kappa shape index (κ1) is 18.5. The number of hydrogen-bond donors (Lipinski definition) is 1. The molecule has 7 heteroatoms. The minimum atomic E-state index is -0.302. The lowest BCUT2D eigenvalue weighted by molar-refractivity contribution is 0.0988. The smallest absolute Gasteiger partial charge is 0.258 e. The van der Waals surface area contributed by atoms with Gasteiger partial charge in [-0.25, -0.2) is 0 Å². The van der Waals surface area contributed by atoms with Gasteiger partial charge in [0.15, 0.2) is 0 Å². The second-order valence-corrected chi connectivity index (χ2v) is 7.18. The Labute approximate surface area is 171 Å². The maximum Gasteiger partial charge on any atom is 0.258 e. The summed E-state index contributed by atoms with van der Waals surface area (Å²) in [6.45, 7) is 0.598. The lowest BCUT2D eigenvalue weighted by Gasteiger charge is -2.18. The normalized spacial score (nSPS) is 12.6. The van der Waals surface area contributed by atoms with Crippen LogP contribution in [-0.2, 0) is 6.42 Å². The fourth-order valence-corrected chi connectivity index (χ4v) is 3.46. The molecule has 0 unspecified atom stereocenters. The minimum absolute atomic E-state index is 0.0888. The summed E-state index contributed by atoms with van der Waals surface area (Å²) >= 11 is 11.9. The highest BCUT2D eigenvalue weighted by molar-refractivity contribution is 6.42. The third-order valence-corrected chi connectivity index (χ3v) is 5.33. The van der Waals surface area contributed by atoms with Crippen molar-refractivity contribution in [2.24, 2.45) is 0 Å².